The van der Waals surface area contributed by atoms with Crippen molar-refractivity contribution in [3.63, 3.8) is 0 Å². The van der Waals surface area contributed by atoms with Gasteiger partial charge in [0.1, 0.15) is 6.10 Å². The molecule has 9 heteroatoms. The second-order valence-electron chi connectivity index (χ2n) is 5.34. The average Bonchev–Trinajstić information content (AvgIpc) is 3.29. The number of hydrogen-bond donors (Lipinski definition) is 1. The molecule has 25 heavy (non-hydrogen) atoms. The highest BCUT2D eigenvalue weighted by Gasteiger charge is 2.14. The molecule has 2 heterocycles. The van der Waals surface area contributed by atoms with Crippen LogP contribution in [0.3, 0.4) is 0 Å². The predicted molar refractivity (Wildman–Crippen MR) is 92.0 cm³/mol. The minimum absolute atomic E-state index is 0. The summed E-state index contributed by atoms with van der Waals surface area (Å²) in [4.78, 5) is 8.66. The van der Waals surface area contributed by atoms with Gasteiger partial charge in [0.15, 0.2) is 5.82 Å². The van der Waals surface area contributed by atoms with E-state index in [1.165, 1.54) is 0 Å². The van der Waals surface area contributed by atoms with Crippen molar-refractivity contribution >= 4 is 12.4 Å². The molecule has 0 amide bonds. The van der Waals surface area contributed by atoms with Gasteiger partial charge in [-0.1, -0.05) is 34.6 Å². The Bertz CT molecular complexity index is 787. The number of nitrogens with zero attached hydrogens (tertiary/aromatic N) is 4. The van der Waals surface area contributed by atoms with Crippen molar-refractivity contribution in [1.82, 2.24) is 20.3 Å². The molecule has 134 valence electrons. The van der Waals surface area contributed by atoms with Crippen LogP contribution < -0.4 is 5.73 Å². The molecule has 0 aliphatic rings. The maximum Gasteiger partial charge on any atom is 0.227 e. The SMILES string of the molecule is COC(C)c1noc(CCc2nc(-c3ccc(CN)cc3)no2)n1.Cl. The van der Waals surface area contributed by atoms with E-state index in [1.54, 1.807) is 7.11 Å². The van der Waals surface area contributed by atoms with E-state index in [-0.39, 0.29) is 18.5 Å². The predicted octanol–water partition coefficient (Wildman–Crippen LogP) is 2.49. The summed E-state index contributed by atoms with van der Waals surface area (Å²) >= 11 is 0. The molecule has 0 saturated heterocycles. The van der Waals surface area contributed by atoms with Crippen LogP contribution in [0.1, 0.15) is 36.2 Å². The zero-order valence-corrected chi connectivity index (χ0v) is 14.8. The Morgan fingerprint density at radius 3 is 2.32 bits per heavy atom. The van der Waals surface area contributed by atoms with Crippen LogP contribution >= 0.6 is 12.4 Å². The lowest BCUT2D eigenvalue weighted by atomic mass is 10.1. The monoisotopic (exact) mass is 365 g/mol. The molecule has 0 aliphatic heterocycles. The molecule has 1 atom stereocenters. The number of aromatic nitrogens is 4. The highest BCUT2D eigenvalue weighted by atomic mass is 35.5. The van der Waals surface area contributed by atoms with E-state index in [4.69, 9.17) is 19.5 Å². The molecule has 2 N–H and O–H groups in total. The normalized spacial score (nSPS) is 12.0. The second kappa shape index (κ2) is 8.70. The first-order valence-electron chi connectivity index (χ1n) is 7.67. The number of ether oxygens (including phenoxy) is 1. The summed E-state index contributed by atoms with van der Waals surface area (Å²) in [5, 5.41) is 7.88. The lowest BCUT2D eigenvalue weighted by molar-refractivity contribution is 0.109. The third-order valence-corrected chi connectivity index (χ3v) is 3.67. The van der Waals surface area contributed by atoms with Crippen LogP contribution in [0.25, 0.3) is 11.4 Å². The largest absolute Gasteiger partial charge is 0.374 e. The van der Waals surface area contributed by atoms with Gasteiger partial charge in [0, 0.05) is 32.1 Å². The molecule has 1 aromatic carbocycles. The van der Waals surface area contributed by atoms with Crippen LogP contribution in [0, 0.1) is 0 Å². The van der Waals surface area contributed by atoms with E-state index in [1.807, 2.05) is 31.2 Å². The molecule has 3 aromatic rings. The fraction of sp³-hybridized carbons (Fsp3) is 0.375. The van der Waals surface area contributed by atoms with Gasteiger partial charge in [0.05, 0.1) is 0 Å². The van der Waals surface area contributed by atoms with Gasteiger partial charge in [0.25, 0.3) is 0 Å². The van der Waals surface area contributed by atoms with Crippen molar-refractivity contribution in [3.05, 3.63) is 47.4 Å². The first-order valence-corrected chi connectivity index (χ1v) is 7.67. The van der Waals surface area contributed by atoms with E-state index in [2.05, 4.69) is 20.3 Å². The number of aryl methyl sites for hydroxylation is 2. The van der Waals surface area contributed by atoms with Crippen LogP contribution in [0.5, 0.6) is 0 Å². The zero-order valence-electron chi connectivity index (χ0n) is 14.0. The van der Waals surface area contributed by atoms with Gasteiger partial charge in [-0.25, -0.2) is 0 Å². The molecule has 0 radical (unpaired) electrons. The standard InChI is InChI=1S/C16H19N5O3.ClH/c1-10(22-2)15-18-13(23-20-15)7-8-14-19-16(21-24-14)12-5-3-11(9-17)4-6-12;/h3-6,10H,7-9,17H2,1-2H3;1H. The van der Waals surface area contributed by atoms with E-state index in [0.717, 1.165) is 11.1 Å². The topological polar surface area (TPSA) is 113 Å². The smallest absolute Gasteiger partial charge is 0.227 e. The number of hydrogen-bond acceptors (Lipinski definition) is 8. The molecule has 2 aromatic heterocycles. The van der Waals surface area contributed by atoms with Gasteiger partial charge < -0.3 is 19.5 Å². The average molecular weight is 366 g/mol. The third kappa shape index (κ3) is 4.62. The molecule has 0 saturated carbocycles. The number of methoxy groups -OCH3 is 1. The summed E-state index contributed by atoms with van der Waals surface area (Å²) in [7, 11) is 1.60. The Hall–Kier alpha value is -2.29. The van der Waals surface area contributed by atoms with Gasteiger partial charge in [-0.05, 0) is 12.5 Å². The molecule has 0 bridgehead atoms. The molecule has 0 spiro atoms. The van der Waals surface area contributed by atoms with E-state index < -0.39 is 0 Å². The number of rotatable bonds is 7. The second-order valence-corrected chi connectivity index (χ2v) is 5.34. The number of halogens is 1. The van der Waals surface area contributed by atoms with E-state index >= 15 is 0 Å². The van der Waals surface area contributed by atoms with E-state index in [0.29, 0.717) is 42.8 Å². The van der Waals surface area contributed by atoms with Crippen LogP contribution in [0.15, 0.2) is 33.3 Å². The first-order chi connectivity index (χ1) is 11.7. The zero-order chi connectivity index (χ0) is 16.9. The lowest BCUT2D eigenvalue weighted by Crippen LogP contribution is -1.99. The molecular weight excluding hydrogens is 346 g/mol. The first kappa shape index (κ1) is 19.0. The summed E-state index contributed by atoms with van der Waals surface area (Å²) in [5.74, 6) is 2.11. The minimum Gasteiger partial charge on any atom is -0.374 e. The van der Waals surface area contributed by atoms with Crippen molar-refractivity contribution in [2.45, 2.75) is 32.4 Å². The van der Waals surface area contributed by atoms with Crippen molar-refractivity contribution in [3.8, 4) is 11.4 Å². The van der Waals surface area contributed by atoms with Gasteiger partial charge in [-0.3, -0.25) is 0 Å². The molecule has 1 unspecified atom stereocenters. The Morgan fingerprint density at radius 2 is 1.68 bits per heavy atom. The van der Waals surface area contributed by atoms with Gasteiger partial charge in [-0.15, -0.1) is 12.4 Å². The van der Waals surface area contributed by atoms with Crippen molar-refractivity contribution in [1.29, 1.82) is 0 Å². The Balaban J connectivity index is 0.00000225. The fourth-order valence-electron chi connectivity index (χ4n) is 2.12. The molecular formula is C16H20ClN5O3. The summed E-state index contributed by atoms with van der Waals surface area (Å²) < 4.78 is 15.6. The summed E-state index contributed by atoms with van der Waals surface area (Å²) in [6.45, 7) is 2.36. The Labute approximate surface area is 151 Å². The fourth-order valence-corrected chi connectivity index (χ4v) is 2.12. The molecule has 0 fully saturated rings. The molecule has 3 rings (SSSR count). The summed E-state index contributed by atoms with van der Waals surface area (Å²) in [5.41, 5.74) is 7.53. The van der Waals surface area contributed by atoms with Crippen molar-refractivity contribution < 1.29 is 13.8 Å². The minimum atomic E-state index is -0.200. The van der Waals surface area contributed by atoms with Crippen LogP contribution in [-0.4, -0.2) is 27.4 Å². The van der Waals surface area contributed by atoms with Gasteiger partial charge >= 0.3 is 0 Å². The maximum absolute atomic E-state index is 5.59. The molecule has 8 nitrogen and oxygen atoms in total. The highest BCUT2D eigenvalue weighted by Crippen LogP contribution is 2.17. The Kier molecular flexibility index (Phi) is 6.63. The summed E-state index contributed by atoms with van der Waals surface area (Å²) in [6.07, 6.45) is 0.850. The van der Waals surface area contributed by atoms with Crippen molar-refractivity contribution in [2.24, 2.45) is 5.73 Å². The molecule has 0 aliphatic carbocycles. The van der Waals surface area contributed by atoms with Crippen LogP contribution in [-0.2, 0) is 24.1 Å². The van der Waals surface area contributed by atoms with Crippen LogP contribution in [0.4, 0.5) is 0 Å². The maximum atomic E-state index is 5.59. The van der Waals surface area contributed by atoms with Crippen molar-refractivity contribution in [2.75, 3.05) is 7.11 Å². The Morgan fingerprint density at radius 1 is 1.04 bits per heavy atom. The highest BCUT2D eigenvalue weighted by molar-refractivity contribution is 5.85. The van der Waals surface area contributed by atoms with Gasteiger partial charge in [0.2, 0.25) is 17.6 Å². The number of benzene rings is 1. The quantitative estimate of drug-likeness (QED) is 0.679. The summed E-state index contributed by atoms with van der Waals surface area (Å²) in [6, 6.07) is 7.74. The van der Waals surface area contributed by atoms with Crippen LogP contribution in [0.2, 0.25) is 0 Å². The van der Waals surface area contributed by atoms with Gasteiger partial charge in [-0.2, -0.15) is 9.97 Å². The van der Waals surface area contributed by atoms with E-state index in [9.17, 15) is 0 Å². The number of nitrogens with two attached hydrogens (primary N) is 1. The lowest BCUT2D eigenvalue weighted by Gasteiger charge is -2.00. The third-order valence-electron chi connectivity index (χ3n) is 3.67.